The van der Waals surface area contributed by atoms with E-state index in [2.05, 4.69) is 24.9 Å². The quantitative estimate of drug-likeness (QED) is 0.222. The van der Waals surface area contributed by atoms with E-state index in [0.29, 0.717) is 29.7 Å². The maximum Gasteiger partial charge on any atom is 0.472 e. The number of aromatic nitrogens is 7. The summed E-state index contributed by atoms with van der Waals surface area (Å²) in [6, 6.07) is 1.81. The first kappa shape index (κ1) is 25.1. The van der Waals surface area contributed by atoms with Crippen LogP contribution in [0.2, 0.25) is 0 Å². The molecule has 6 heterocycles. The molecule has 0 aromatic carbocycles. The fraction of sp³-hybridized carbons (Fsp3) is 0.476. The molecule has 2 saturated heterocycles. The van der Waals surface area contributed by atoms with E-state index in [-0.39, 0.29) is 37.0 Å². The van der Waals surface area contributed by atoms with Crippen LogP contribution in [0.3, 0.4) is 0 Å². The summed E-state index contributed by atoms with van der Waals surface area (Å²) < 4.78 is 38.7. The number of nitrogens with zero attached hydrogens (tertiary/aromatic N) is 6. The molecule has 2 aliphatic heterocycles. The van der Waals surface area contributed by atoms with E-state index < -0.39 is 37.9 Å². The highest BCUT2D eigenvalue weighted by atomic mass is 31.2. The normalized spacial score (nSPS) is 27.4. The molecule has 17 heteroatoms. The van der Waals surface area contributed by atoms with Crippen LogP contribution in [0.4, 0.5) is 5.82 Å². The highest BCUT2D eigenvalue weighted by Crippen LogP contribution is 2.50. The molecule has 4 aromatic rings. The third kappa shape index (κ3) is 4.60. The summed E-state index contributed by atoms with van der Waals surface area (Å²) >= 11 is 0. The number of anilines is 1. The van der Waals surface area contributed by atoms with Gasteiger partial charge in [0.1, 0.15) is 30.1 Å². The van der Waals surface area contributed by atoms with Gasteiger partial charge in [-0.15, -0.1) is 0 Å². The van der Waals surface area contributed by atoms with Gasteiger partial charge in [-0.2, -0.15) is 0 Å². The molecule has 0 amide bonds. The summed E-state index contributed by atoms with van der Waals surface area (Å²) in [5, 5.41) is 10.3. The third-order valence-corrected chi connectivity index (χ3v) is 7.63. The van der Waals surface area contributed by atoms with Gasteiger partial charge in [0, 0.05) is 12.6 Å². The van der Waals surface area contributed by atoms with E-state index in [1.807, 2.05) is 16.8 Å². The zero-order chi connectivity index (χ0) is 26.4. The van der Waals surface area contributed by atoms with Gasteiger partial charge in [0.2, 0.25) is 0 Å². The lowest BCUT2D eigenvalue weighted by molar-refractivity contribution is -0.0535. The minimum absolute atomic E-state index is 0.0725. The third-order valence-electron chi connectivity index (χ3n) is 6.62. The van der Waals surface area contributed by atoms with Crippen LogP contribution in [0.25, 0.3) is 22.2 Å². The fourth-order valence-corrected chi connectivity index (χ4v) is 5.79. The molecule has 38 heavy (non-hydrogen) atoms. The Hall–Kier alpha value is -3.24. The number of imidazole rings is 1. The number of phosphoric ester groups is 1. The molecule has 1 unspecified atom stereocenters. The van der Waals surface area contributed by atoms with Crippen molar-refractivity contribution in [2.24, 2.45) is 0 Å². The van der Waals surface area contributed by atoms with Crippen LogP contribution in [-0.4, -0.2) is 75.6 Å². The highest BCUT2D eigenvalue weighted by Gasteiger charge is 2.43. The standard InChI is InChI=1S/C21H25N8O8P/c22-17-13-3-4-28(18(13)24-8-23-17)15-2-1-11(35-15)7-34-38(32,33)37-14-5-12(6-30)36-21(14)29-10-27-16-19(29)25-9-26-20(16)31/h3-4,8-12,14-15,21,30H,1-2,5-7H2,(H,32,33)(H2,22,23,24)(H,25,26,31)/t11-,12-,14+,15+,21+/m0/s1. The van der Waals surface area contributed by atoms with Gasteiger partial charge in [-0.3, -0.25) is 18.4 Å². The van der Waals surface area contributed by atoms with Crippen molar-refractivity contribution >= 4 is 35.8 Å². The molecule has 0 radical (unpaired) electrons. The van der Waals surface area contributed by atoms with Crippen molar-refractivity contribution in [1.82, 2.24) is 34.1 Å². The first-order valence-corrected chi connectivity index (χ1v) is 13.4. The molecule has 6 rings (SSSR count). The number of rotatable bonds is 8. The van der Waals surface area contributed by atoms with Gasteiger partial charge < -0.3 is 34.8 Å². The number of fused-ring (bicyclic) bond motifs is 2. The van der Waals surface area contributed by atoms with E-state index in [4.69, 9.17) is 24.3 Å². The fourth-order valence-electron chi connectivity index (χ4n) is 4.84. The van der Waals surface area contributed by atoms with Crippen LogP contribution in [0, 0.1) is 0 Å². The Bertz CT molecular complexity index is 1570. The minimum atomic E-state index is -4.57. The van der Waals surface area contributed by atoms with Crippen LogP contribution >= 0.6 is 7.82 Å². The van der Waals surface area contributed by atoms with Crippen LogP contribution in [-0.2, 0) is 23.1 Å². The van der Waals surface area contributed by atoms with Gasteiger partial charge in [-0.1, -0.05) is 0 Å². The zero-order valence-electron chi connectivity index (χ0n) is 19.9. The number of nitrogens with two attached hydrogens (primary N) is 1. The molecule has 0 spiro atoms. The predicted octanol–water partition coefficient (Wildman–Crippen LogP) is 0.606. The maximum absolute atomic E-state index is 12.9. The maximum atomic E-state index is 12.9. The Morgan fingerprint density at radius 2 is 2.03 bits per heavy atom. The molecule has 2 fully saturated rings. The Morgan fingerprint density at radius 1 is 1.16 bits per heavy atom. The van der Waals surface area contributed by atoms with Gasteiger partial charge in [0.05, 0.1) is 43.5 Å². The number of ether oxygens (including phenoxy) is 2. The molecule has 202 valence electrons. The lowest BCUT2D eigenvalue weighted by Crippen LogP contribution is -2.23. The van der Waals surface area contributed by atoms with Crippen molar-refractivity contribution in [1.29, 1.82) is 0 Å². The highest BCUT2D eigenvalue weighted by molar-refractivity contribution is 7.47. The second kappa shape index (κ2) is 9.81. The van der Waals surface area contributed by atoms with Crippen LogP contribution in [0.15, 0.2) is 36.0 Å². The number of nitrogen functional groups attached to an aromatic ring is 1. The van der Waals surface area contributed by atoms with Crippen molar-refractivity contribution in [3.63, 3.8) is 0 Å². The summed E-state index contributed by atoms with van der Waals surface area (Å²) in [5.41, 5.74) is 6.37. The number of aliphatic hydroxyl groups excluding tert-OH is 1. The molecular formula is C21H25N8O8P. The Labute approximate surface area is 214 Å². The lowest BCUT2D eigenvalue weighted by Gasteiger charge is -2.23. The van der Waals surface area contributed by atoms with Crippen molar-refractivity contribution in [3.8, 4) is 0 Å². The molecule has 0 aliphatic carbocycles. The van der Waals surface area contributed by atoms with Crippen LogP contribution in [0.5, 0.6) is 0 Å². The SMILES string of the molecule is Nc1ncnc2c1ccn2[C@H]1CC[C@@H](COP(=O)(O)O[C@@H]2C[C@@H](CO)O[C@H]2n2cnc3c(=O)[nH]cnc32)O1. The minimum Gasteiger partial charge on any atom is -0.394 e. The first-order chi connectivity index (χ1) is 18.3. The molecule has 5 N–H and O–H groups in total. The summed E-state index contributed by atoms with van der Waals surface area (Å²) in [5.74, 6) is 0.369. The summed E-state index contributed by atoms with van der Waals surface area (Å²) in [6.45, 7) is -0.525. The number of nitrogens with one attached hydrogen (secondary N) is 1. The number of hydrogen-bond acceptors (Lipinski definition) is 12. The lowest BCUT2D eigenvalue weighted by atomic mass is 10.2. The Kier molecular flexibility index (Phi) is 6.47. The molecule has 0 bridgehead atoms. The molecular weight excluding hydrogens is 523 g/mol. The smallest absolute Gasteiger partial charge is 0.394 e. The summed E-state index contributed by atoms with van der Waals surface area (Å²) in [6.07, 6.45) is 3.60. The number of phosphoric acid groups is 1. The van der Waals surface area contributed by atoms with Gasteiger partial charge in [-0.05, 0) is 18.9 Å². The monoisotopic (exact) mass is 548 g/mol. The molecule has 4 aromatic heterocycles. The van der Waals surface area contributed by atoms with Crippen molar-refractivity contribution in [3.05, 3.63) is 41.6 Å². The van der Waals surface area contributed by atoms with Crippen LogP contribution < -0.4 is 11.3 Å². The Morgan fingerprint density at radius 3 is 2.87 bits per heavy atom. The van der Waals surface area contributed by atoms with Gasteiger partial charge in [0.25, 0.3) is 5.56 Å². The van der Waals surface area contributed by atoms with Crippen molar-refractivity contribution < 1.29 is 33.1 Å². The first-order valence-electron chi connectivity index (χ1n) is 11.9. The van der Waals surface area contributed by atoms with E-state index in [0.717, 1.165) is 0 Å². The van der Waals surface area contributed by atoms with Crippen molar-refractivity contribution in [2.75, 3.05) is 18.9 Å². The second-order valence-corrected chi connectivity index (χ2v) is 10.4. The van der Waals surface area contributed by atoms with Gasteiger partial charge in [-0.25, -0.2) is 24.5 Å². The average Bonchev–Trinajstić information content (AvgIpc) is 3.68. The van der Waals surface area contributed by atoms with Gasteiger partial charge in [0.15, 0.2) is 17.4 Å². The van der Waals surface area contributed by atoms with E-state index >= 15 is 0 Å². The Balaban J connectivity index is 1.12. The van der Waals surface area contributed by atoms with E-state index in [1.54, 1.807) is 0 Å². The van der Waals surface area contributed by atoms with Crippen LogP contribution in [0.1, 0.15) is 31.7 Å². The largest absolute Gasteiger partial charge is 0.472 e. The second-order valence-electron chi connectivity index (χ2n) is 9.04. The van der Waals surface area contributed by atoms with E-state index in [1.165, 1.54) is 23.5 Å². The topological polar surface area (TPSA) is 215 Å². The zero-order valence-corrected chi connectivity index (χ0v) is 20.8. The molecule has 6 atom stereocenters. The molecule has 16 nitrogen and oxygen atoms in total. The average molecular weight is 548 g/mol. The van der Waals surface area contributed by atoms with Crippen molar-refractivity contribution in [2.45, 2.75) is 50.0 Å². The number of aliphatic hydroxyl groups is 1. The number of H-pyrrole nitrogens is 1. The molecule has 0 saturated carbocycles. The number of hydrogen-bond donors (Lipinski definition) is 4. The molecule has 2 aliphatic rings. The summed E-state index contributed by atoms with van der Waals surface area (Å²) in [7, 11) is -4.57. The number of aromatic amines is 1. The van der Waals surface area contributed by atoms with E-state index in [9.17, 15) is 19.4 Å². The van der Waals surface area contributed by atoms with Gasteiger partial charge >= 0.3 is 7.82 Å². The summed E-state index contributed by atoms with van der Waals surface area (Å²) in [4.78, 5) is 41.4. The predicted molar refractivity (Wildman–Crippen MR) is 129 cm³/mol.